The summed E-state index contributed by atoms with van der Waals surface area (Å²) in [5.41, 5.74) is 6.96. The molecular weight excluding hydrogens is 242 g/mol. The van der Waals surface area contributed by atoms with Crippen LogP contribution in [0.5, 0.6) is 0 Å². The lowest BCUT2D eigenvalue weighted by atomic mass is 10.3. The van der Waals surface area contributed by atoms with Crippen LogP contribution in [0.1, 0.15) is 23.2 Å². The highest BCUT2D eigenvalue weighted by Crippen LogP contribution is 2.13. The first kappa shape index (κ1) is 13.2. The predicted molar refractivity (Wildman–Crippen MR) is 73.5 cm³/mol. The Balaban J connectivity index is 2.17. The van der Waals surface area contributed by atoms with Crippen LogP contribution in [0.2, 0.25) is 0 Å². The standard InChI is InChI=1S/C13H19N5O/c1-4-18-8-10(14)7-11(18)13(19)17(3)9-12-15-5-6-16(12)2/h5-8H,4,9,14H2,1-3H3. The zero-order valence-corrected chi connectivity index (χ0v) is 11.5. The minimum Gasteiger partial charge on any atom is -0.397 e. The third-order valence-corrected chi connectivity index (χ3v) is 3.12. The third kappa shape index (κ3) is 2.62. The smallest absolute Gasteiger partial charge is 0.270 e. The van der Waals surface area contributed by atoms with Crippen molar-refractivity contribution in [2.75, 3.05) is 12.8 Å². The molecule has 1 amide bonds. The van der Waals surface area contributed by atoms with E-state index in [-0.39, 0.29) is 5.91 Å². The van der Waals surface area contributed by atoms with Gasteiger partial charge < -0.3 is 19.8 Å². The Morgan fingerprint density at radius 1 is 1.53 bits per heavy atom. The molecular formula is C13H19N5O. The lowest BCUT2D eigenvalue weighted by Gasteiger charge is -2.17. The first-order chi connectivity index (χ1) is 9.02. The molecule has 6 heteroatoms. The highest BCUT2D eigenvalue weighted by Gasteiger charge is 2.17. The van der Waals surface area contributed by atoms with Gasteiger partial charge in [-0.05, 0) is 13.0 Å². The van der Waals surface area contributed by atoms with Crippen molar-refractivity contribution in [3.05, 3.63) is 36.2 Å². The molecule has 2 aromatic heterocycles. The van der Waals surface area contributed by atoms with E-state index in [0.29, 0.717) is 24.5 Å². The summed E-state index contributed by atoms with van der Waals surface area (Å²) >= 11 is 0. The van der Waals surface area contributed by atoms with Crippen molar-refractivity contribution in [3.8, 4) is 0 Å². The predicted octanol–water partition coefficient (Wildman–Crippen LogP) is 1.10. The Morgan fingerprint density at radius 2 is 2.26 bits per heavy atom. The molecule has 2 heterocycles. The Labute approximate surface area is 112 Å². The maximum atomic E-state index is 12.4. The molecule has 0 spiro atoms. The van der Waals surface area contributed by atoms with Gasteiger partial charge in [0.15, 0.2) is 0 Å². The van der Waals surface area contributed by atoms with Gasteiger partial charge in [0, 0.05) is 39.2 Å². The monoisotopic (exact) mass is 261 g/mol. The lowest BCUT2D eigenvalue weighted by molar-refractivity contribution is 0.0770. The van der Waals surface area contributed by atoms with Gasteiger partial charge in [-0.3, -0.25) is 4.79 Å². The highest BCUT2D eigenvalue weighted by atomic mass is 16.2. The van der Waals surface area contributed by atoms with Gasteiger partial charge in [0.05, 0.1) is 12.2 Å². The molecule has 0 fully saturated rings. The summed E-state index contributed by atoms with van der Waals surface area (Å²) in [5, 5.41) is 0. The minimum absolute atomic E-state index is 0.0541. The molecule has 0 bridgehead atoms. The van der Waals surface area contributed by atoms with E-state index < -0.39 is 0 Å². The Bertz CT molecular complexity index is 584. The van der Waals surface area contributed by atoms with Gasteiger partial charge in [0.25, 0.3) is 5.91 Å². The third-order valence-electron chi connectivity index (χ3n) is 3.12. The number of rotatable bonds is 4. The second-order valence-electron chi connectivity index (χ2n) is 4.56. The highest BCUT2D eigenvalue weighted by molar-refractivity contribution is 5.93. The molecule has 0 aliphatic heterocycles. The van der Waals surface area contributed by atoms with E-state index in [9.17, 15) is 4.79 Å². The van der Waals surface area contributed by atoms with Crippen molar-refractivity contribution in [1.29, 1.82) is 0 Å². The Kier molecular flexibility index (Phi) is 3.59. The van der Waals surface area contributed by atoms with Crippen LogP contribution in [-0.4, -0.2) is 32.0 Å². The number of aromatic nitrogens is 3. The van der Waals surface area contributed by atoms with E-state index in [2.05, 4.69) is 4.98 Å². The maximum absolute atomic E-state index is 12.4. The fraction of sp³-hybridized carbons (Fsp3) is 0.385. The van der Waals surface area contributed by atoms with Crippen LogP contribution in [0, 0.1) is 0 Å². The summed E-state index contributed by atoms with van der Waals surface area (Å²) < 4.78 is 3.75. The number of carbonyl (C=O) groups is 1. The summed E-state index contributed by atoms with van der Waals surface area (Å²) in [5.74, 6) is 0.792. The molecule has 0 aliphatic rings. The van der Waals surface area contributed by atoms with Gasteiger partial charge in [-0.1, -0.05) is 0 Å². The maximum Gasteiger partial charge on any atom is 0.270 e. The Hall–Kier alpha value is -2.24. The number of anilines is 1. The van der Waals surface area contributed by atoms with Crippen LogP contribution in [0.4, 0.5) is 5.69 Å². The minimum atomic E-state index is -0.0541. The van der Waals surface area contributed by atoms with E-state index in [1.807, 2.05) is 29.3 Å². The van der Waals surface area contributed by atoms with Crippen LogP contribution < -0.4 is 5.73 Å². The van der Waals surface area contributed by atoms with E-state index in [0.717, 1.165) is 5.82 Å². The topological polar surface area (TPSA) is 69.1 Å². The Morgan fingerprint density at radius 3 is 2.84 bits per heavy atom. The van der Waals surface area contributed by atoms with Gasteiger partial charge in [-0.15, -0.1) is 0 Å². The largest absolute Gasteiger partial charge is 0.397 e. The molecule has 0 radical (unpaired) electrons. The van der Waals surface area contributed by atoms with E-state index in [1.165, 1.54) is 0 Å². The second kappa shape index (κ2) is 5.17. The number of nitrogens with two attached hydrogens (primary N) is 1. The number of imidazole rings is 1. The van der Waals surface area contributed by atoms with Crippen molar-refractivity contribution < 1.29 is 4.79 Å². The molecule has 2 N–H and O–H groups in total. The van der Waals surface area contributed by atoms with Crippen molar-refractivity contribution in [2.24, 2.45) is 7.05 Å². The van der Waals surface area contributed by atoms with Gasteiger partial charge in [-0.2, -0.15) is 0 Å². The quantitative estimate of drug-likeness (QED) is 0.896. The molecule has 0 unspecified atom stereocenters. The lowest BCUT2D eigenvalue weighted by Crippen LogP contribution is -2.29. The number of aryl methyl sites for hydroxylation is 2. The van der Waals surface area contributed by atoms with E-state index in [1.54, 1.807) is 30.4 Å². The normalized spacial score (nSPS) is 10.7. The van der Waals surface area contributed by atoms with Gasteiger partial charge in [0.1, 0.15) is 11.5 Å². The summed E-state index contributed by atoms with van der Waals surface area (Å²) in [6.45, 7) is 3.17. The number of amides is 1. The molecule has 2 aromatic rings. The van der Waals surface area contributed by atoms with Crippen LogP contribution in [0.25, 0.3) is 0 Å². The number of hydrogen-bond donors (Lipinski definition) is 1. The van der Waals surface area contributed by atoms with Crippen molar-refractivity contribution in [3.63, 3.8) is 0 Å². The average molecular weight is 261 g/mol. The molecule has 2 rings (SSSR count). The SMILES string of the molecule is CCn1cc(N)cc1C(=O)N(C)Cc1nccn1C. The van der Waals surface area contributed by atoms with Crippen LogP contribution in [0.15, 0.2) is 24.7 Å². The fourth-order valence-electron chi connectivity index (χ4n) is 2.00. The molecule has 0 saturated heterocycles. The zero-order chi connectivity index (χ0) is 14.0. The van der Waals surface area contributed by atoms with Gasteiger partial charge >= 0.3 is 0 Å². The zero-order valence-electron chi connectivity index (χ0n) is 11.5. The summed E-state index contributed by atoms with van der Waals surface area (Å²) in [7, 11) is 3.67. The first-order valence-corrected chi connectivity index (χ1v) is 6.20. The molecule has 0 saturated carbocycles. The van der Waals surface area contributed by atoms with Crippen molar-refractivity contribution in [1.82, 2.24) is 19.0 Å². The summed E-state index contributed by atoms with van der Waals surface area (Å²) in [6, 6.07) is 1.71. The number of carbonyl (C=O) groups excluding carboxylic acids is 1. The summed E-state index contributed by atoms with van der Waals surface area (Å²) in [4.78, 5) is 18.2. The molecule has 6 nitrogen and oxygen atoms in total. The number of hydrogen-bond acceptors (Lipinski definition) is 3. The summed E-state index contributed by atoms with van der Waals surface area (Å²) in [6.07, 6.45) is 5.36. The second-order valence-corrected chi connectivity index (χ2v) is 4.56. The van der Waals surface area contributed by atoms with Crippen molar-refractivity contribution in [2.45, 2.75) is 20.0 Å². The van der Waals surface area contributed by atoms with Crippen molar-refractivity contribution >= 4 is 11.6 Å². The van der Waals surface area contributed by atoms with Crippen LogP contribution >= 0.6 is 0 Å². The van der Waals surface area contributed by atoms with E-state index >= 15 is 0 Å². The molecule has 0 aromatic carbocycles. The molecule has 102 valence electrons. The first-order valence-electron chi connectivity index (χ1n) is 6.20. The average Bonchev–Trinajstić information content (AvgIpc) is 2.95. The molecule has 0 aliphatic carbocycles. The fourth-order valence-corrected chi connectivity index (χ4v) is 2.00. The van der Waals surface area contributed by atoms with Gasteiger partial charge in [0.2, 0.25) is 0 Å². The number of nitrogen functional groups attached to an aromatic ring is 1. The molecule has 0 atom stereocenters. The van der Waals surface area contributed by atoms with Crippen LogP contribution in [0.3, 0.4) is 0 Å². The van der Waals surface area contributed by atoms with Crippen LogP contribution in [-0.2, 0) is 20.1 Å². The number of nitrogens with zero attached hydrogens (tertiary/aromatic N) is 4. The molecule has 19 heavy (non-hydrogen) atoms. The van der Waals surface area contributed by atoms with E-state index in [4.69, 9.17) is 5.73 Å². The van der Waals surface area contributed by atoms with Gasteiger partial charge in [-0.25, -0.2) is 4.98 Å².